The van der Waals surface area contributed by atoms with Crippen molar-refractivity contribution in [2.24, 2.45) is 0 Å². The lowest BCUT2D eigenvalue weighted by atomic mass is 9.95. The molecular formula is C52H35NO. The Labute approximate surface area is 314 Å². The smallest absolute Gasteiger partial charge is 0.136 e. The fourth-order valence-corrected chi connectivity index (χ4v) is 7.81. The molecule has 2 nitrogen and oxygen atoms in total. The SMILES string of the molecule is c1ccc(-c2ccccc2N(c2ccc(-c3cccc(-c4cccc5ccccc45)c3)cc2)c2ccc(-c3ccc4c(c3)oc3ccccc34)cc2)cc1. The van der Waals surface area contributed by atoms with Gasteiger partial charge in [-0.15, -0.1) is 0 Å². The van der Waals surface area contributed by atoms with Crippen LogP contribution in [-0.4, -0.2) is 0 Å². The van der Waals surface area contributed by atoms with Crippen LogP contribution in [0.25, 0.3) is 77.2 Å². The molecule has 10 aromatic rings. The van der Waals surface area contributed by atoms with E-state index in [9.17, 15) is 0 Å². The van der Waals surface area contributed by atoms with Gasteiger partial charge in [-0.3, -0.25) is 0 Å². The lowest BCUT2D eigenvalue weighted by Crippen LogP contribution is -2.11. The molecule has 1 aromatic heterocycles. The van der Waals surface area contributed by atoms with Crippen LogP contribution in [0.3, 0.4) is 0 Å². The first-order valence-corrected chi connectivity index (χ1v) is 18.4. The number of nitrogens with zero attached hydrogens (tertiary/aromatic N) is 1. The van der Waals surface area contributed by atoms with Crippen LogP contribution in [0.4, 0.5) is 17.1 Å². The fourth-order valence-electron chi connectivity index (χ4n) is 7.81. The molecule has 10 rings (SSSR count). The third kappa shape index (κ3) is 5.71. The Morgan fingerprint density at radius 2 is 0.833 bits per heavy atom. The van der Waals surface area contributed by atoms with Gasteiger partial charge < -0.3 is 9.32 Å². The third-order valence-electron chi connectivity index (χ3n) is 10.5. The number of fused-ring (bicyclic) bond motifs is 4. The topological polar surface area (TPSA) is 16.4 Å². The Morgan fingerprint density at radius 3 is 1.63 bits per heavy atom. The molecule has 0 unspecified atom stereocenters. The van der Waals surface area contributed by atoms with Crippen molar-refractivity contribution in [1.29, 1.82) is 0 Å². The molecule has 1 heterocycles. The molecule has 54 heavy (non-hydrogen) atoms. The molecule has 0 radical (unpaired) electrons. The number of furan rings is 1. The summed E-state index contributed by atoms with van der Waals surface area (Å²) in [6, 6.07) is 75.9. The van der Waals surface area contributed by atoms with Crippen molar-refractivity contribution in [3.05, 3.63) is 212 Å². The number of benzene rings is 9. The van der Waals surface area contributed by atoms with Crippen molar-refractivity contribution >= 4 is 49.8 Å². The van der Waals surface area contributed by atoms with Crippen LogP contribution in [0.2, 0.25) is 0 Å². The van der Waals surface area contributed by atoms with E-state index in [0.717, 1.165) is 50.1 Å². The standard InChI is InChI=1S/C52H35NO/c1-2-12-39(13-3-1)47-19-6-8-22-50(47)53(44-31-26-37(27-32-44)41-28-33-49-48-20-7-9-23-51(48)54-52(49)35-41)43-29-24-36(25-30-43)40-16-10-17-42(34-40)46-21-11-15-38-14-4-5-18-45(38)46/h1-35H. The van der Waals surface area contributed by atoms with Gasteiger partial charge in [0.25, 0.3) is 0 Å². The highest BCUT2D eigenvalue weighted by Crippen LogP contribution is 2.42. The summed E-state index contributed by atoms with van der Waals surface area (Å²) >= 11 is 0. The molecule has 0 saturated heterocycles. The first kappa shape index (κ1) is 31.6. The van der Waals surface area contributed by atoms with Crippen LogP contribution in [0.5, 0.6) is 0 Å². The summed E-state index contributed by atoms with van der Waals surface area (Å²) in [5.74, 6) is 0. The minimum atomic E-state index is 0.902. The summed E-state index contributed by atoms with van der Waals surface area (Å²) < 4.78 is 6.23. The van der Waals surface area contributed by atoms with Gasteiger partial charge in [-0.25, -0.2) is 0 Å². The Bertz CT molecular complexity index is 2920. The van der Waals surface area contributed by atoms with E-state index in [-0.39, 0.29) is 0 Å². The lowest BCUT2D eigenvalue weighted by molar-refractivity contribution is 0.669. The first-order chi connectivity index (χ1) is 26.8. The predicted molar refractivity (Wildman–Crippen MR) is 228 cm³/mol. The van der Waals surface area contributed by atoms with E-state index in [1.54, 1.807) is 0 Å². The highest BCUT2D eigenvalue weighted by molar-refractivity contribution is 6.06. The molecule has 0 bridgehead atoms. The van der Waals surface area contributed by atoms with Gasteiger partial charge in [0.2, 0.25) is 0 Å². The van der Waals surface area contributed by atoms with Crippen molar-refractivity contribution in [1.82, 2.24) is 0 Å². The third-order valence-corrected chi connectivity index (χ3v) is 10.5. The Kier molecular flexibility index (Phi) is 7.85. The van der Waals surface area contributed by atoms with Crippen LogP contribution in [0.15, 0.2) is 217 Å². The average molecular weight is 690 g/mol. The summed E-state index contributed by atoms with van der Waals surface area (Å²) in [6.45, 7) is 0. The van der Waals surface area contributed by atoms with Gasteiger partial charge in [0.05, 0.1) is 5.69 Å². The zero-order valence-electron chi connectivity index (χ0n) is 29.6. The van der Waals surface area contributed by atoms with E-state index in [4.69, 9.17) is 4.42 Å². The zero-order chi connectivity index (χ0) is 35.8. The molecule has 9 aromatic carbocycles. The molecule has 0 aliphatic carbocycles. The molecule has 0 N–H and O–H groups in total. The van der Waals surface area contributed by atoms with Gasteiger partial charge in [0.1, 0.15) is 11.2 Å². The van der Waals surface area contributed by atoms with Gasteiger partial charge in [-0.2, -0.15) is 0 Å². The van der Waals surface area contributed by atoms with Gasteiger partial charge in [-0.1, -0.05) is 158 Å². The number of para-hydroxylation sites is 2. The second-order valence-electron chi connectivity index (χ2n) is 13.7. The van der Waals surface area contributed by atoms with Crippen LogP contribution in [0, 0.1) is 0 Å². The van der Waals surface area contributed by atoms with E-state index >= 15 is 0 Å². The monoisotopic (exact) mass is 689 g/mol. The average Bonchev–Trinajstić information content (AvgIpc) is 3.63. The number of hydrogen-bond donors (Lipinski definition) is 0. The molecule has 0 aliphatic heterocycles. The number of anilines is 3. The quantitative estimate of drug-likeness (QED) is 0.166. The van der Waals surface area contributed by atoms with Crippen LogP contribution >= 0.6 is 0 Å². The maximum Gasteiger partial charge on any atom is 0.136 e. The maximum absolute atomic E-state index is 6.23. The summed E-state index contributed by atoms with van der Waals surface area (Å²) in [5.41, 5.74) is 14.5. The summed E-state index contributed by atoms with van der Waals surface area (Å²) in [6.07, 6.45) is 0. The molecule has 254 valence electrons. The van der Waals surface area contributed by atoms with Gasteiger partial charge >= 0.3 is 0 Å². The van der Waals surface area contributed by atoms with Crippen molar-refractivity contribution in [2.45, 2.75) is 0 Å². The molecule has 0 saturated carbocycles. The van der Waals surface area contributed by atoms with E-state index < -0.39 is 0 Å². The van der Waals surface area contributed by atoms with Crippen LogP contribution in [-0.2, 0) is 0 Å². The van der Waals surface area contributed by atoms with Gasteiger partial charge in [0, 0.05) is 27.7 Å². The molecule has 0 spiro atoms. The van der Waals surface area contributed by atoms with E-state index in [2.05, 4.69) is 205 Å². The van der Waals surface area contributed by atoms with Crippen molar-refractivity contribution < 1.29 is 4.42 Å². The zero-order valence-corrected chi connectivity index (χ0v) is 29.6. The highest BCUT2D eigenvalue weighted by atomic mass is 16.3. The van der Waals surface area contributed by atoms with Crippen LogP contribution < -0.4 is 4.90 Å². The first-order valence-electron chi connectivity index (χ1n) is 18.4. The Balaban J connectivity index is 1.04. The maximum atomic E-state index is 6.23. The molecule has 2 heteroatoms. The highest BCUT2D eigenvalue weighted by Gasteiger charge is 2.18. The molecule has 0 atom stereocenters. The van der Waals surface area contributed by atoms with Crippen molar-refractivity contribution in [2.75, 3.05) is 4.90 Å². The molecular weight excluding hydrogens is 655 g/mol. The van der Waals surface area contributed by atoms with Crippen LogP contribution in [0.1, 0.15) is 0 Å². The van der Waals surface area contributed by atoms with Gasteiger partial charge in [-0.05, 0) is 104 Å². The van der Waals surface area contributed by atoms with E-state index in [1.807, 2.05) is 12.1 Å². The van der Waals surface area contributed by atoms with Gasteiger partial charge in [0.15, 0.2) is 0 Å². The second kappa shape index (κ2) is 13.4. The minimum absolute atomic E-state index is 0.902. The number of rotatable bonds is 7. The summed E-state index contributed by atoms with van der Waals surface area (Å²) in [4.78, 5) is 2.37. The normalized spacial score (nSPS) is 11.3. The van der Waals surface area contributed by atoms with Crippen molar-refractivity contribution in [3.8, 4) is 44.5 Å². The predicted octanol–water partition coefficient (Wildman–Crippen LogP) is 14.9. The van der Waals surface area contributed by atoms with E-state index in [0.29, 0.717) is 0 Å². The summed E-state index contributed by atoms with van der Waals surface area (Å²) in [7, 11) is 0. The Hall–Kier alpha value is -7.16. The summed E-state index contributed by atoms with van der Waals surface area (Å²) in [5, 5.41) is 4.80. The lowest BCUT2D eigenvalue weighted by Gasteiger charge is -2.28. The largest absolute Gasteiger partial charge is 0.456 e. The van der Waals surface area contributed by atoms with Crippen molar-refractivity contribution in [3.63, 3.8) is 0 Å². The molecule has 0 fully saturated rings. The van der Waals surface area contributed by atoms with E-state index in [1.165, 1.54) is 44.2 Å². The molecule has 0 aliphatic rings. The second-order valence-corrected chi connectivity index (χ2v) is 13.7. The minimum Gasteiger partial charge on any atom is -0.456 e. The molecule has 0 amide bonds. The fraction of sp³-hybridized carbons (Fsp3) is 0. The Morgan fingerprint density at radius 1 is 0.296 bits per heavy atom. The number of hydrogen-bond acceptors (Lipinski definition) is 2.